The number of hydrogen-bond acceptors (Lipinski definition) is 2. The second kappa shape index (κ2) is 3.93. The Morgan fingerprint density at radius 3 is 1.30 bits per heavy atom. The maximum atomic E-state index is 4.47. The summed E-state index contributed by atoms with van der Waals surface area (Å²) in [6.45, 7) is 0. The van der Waals surface area contributed by atoms with Gasteiger partial charge in [-0.3, -0.25) is 0 Å². The zero-order chi connectivity index (χ0) is 13.5. The van der Waals surface area contributed by atoms with Gasteiger partial charge in [-0.15, -0.1) is 0 Å². The Labute approximate surface area is 133 Å². The first-order valence-corrected chi connectivity index (χ1v) is 9.40. The van der Waals surface area contributed by atoms with Crippen LogP contribution in [0.1, 0.15) is 38.5 Å². The van der Waals surface area contributed by atoms with Crippen LogP contribution in [0.25, 0.3) is 0 Å². The first kappa shape index (κ1) is 12.7. The van der Waals surface area contributed by atoms with E-state index in [0.717, 1.165) is 35.5 Å². The van der Waals surface area contributed by atoms with Gasteiger partial charge in [0.05, 0.1) is 0 Å². The smallest absolute Gasteiger partial charge is 0.00450 e. The van der Waals surface area contributed by atoms with Crippen LogP contribution in [0.2, 0.25) is 0 Å². The summed E-state index contributed by atoms with van der Waals surface area (Å²) in [5, 5.41) is 4.15. The van der Waals surface area contributed by atoms with E-state index in [1.165, 1.54) is 38.5 Å². The third-order valence-corrected chi connectivity index (χ3v) is 8.43. The number of hydrogen-bond donors (Lipinski definition) is 2. The summed E-state index contributed by atoms with van der Waals surface area (Å²) in [5.74, 6) is 5.78. The second-order valence-corrected chi connectivity index (χ2v) is 8.96. The highest BCUT2D eigenvalue weighted by molar-refractivity contribution is 7.83. The highest BCUT2D eigenvalue weighted by atomic mass is 32.1. The monoisotopic (exact) mass is 304 g/mol. The molecular weight excluding hydrogens is 280 g/mol. The molecule has 0 radical (unpaired) electrons. The Kier molecular flexibility index (Phi) is 2.49. The number of allylic oxidation sites excluding steroid dienone is 2. The van der Waals surface area contributed by atoms with Gasteiger partial charge in [0.15, 0.2) is 0 Å². The molecule has 108 valence electrons. The molecule has 0 heterocycles. The molecule has 0 aliphatic heterocycles. The molecule has 7 fully saturated rings. The first-order chi connectivity index (χ1) is 9.73. The molecule has 20 heavy (non-hydrogen) atoms. The molecule has 7 aliphatic carbocycles. The van der Waals surface area contributed by atoms with Gasteiger partial charge in [0, 0.05) is 0 Å². The van der Waals surface area contributed by atoms with Gasteiger partial charge in [-0.05, 0) is 95.7 Å². The molecule has 0 N–H and O–H groups in total. The highest BCUT2D eigenvalue weighted by Crippen LogP contribution is 2.80. The van der Waals surface area contributed by atoms with Crippen molar-refractivity contribution in [2.75, 3.05) is 0 Å². The topological polar surface area (TPSA) is 0 Å². The van der Waals surface area contributed by atoms with Crippen LogP contribution in [0.4, 0.5) is 0 Å². The summed E-state index contributed by atoms with van der Waals surface area (Å²) in [5.41, 5.74) is 1.06. The third kappa shape index (κ3) is 1.23. The first-order valence-electron chi connectivity index (χ1n) is 8.37. The van der Waals surface area contributed by atoms with Crippen molar-refractivity contribution in [3.63, 3.8) is 0 Å². The summed E-state index contributed by atoms with van der Waals surface area (Å²) in [6.07, 6.45) is 14.0. The Bertz CT molecular complexity index is 436. The van der Waals surface area contributed by atoms with Gasteiger partial charge < -0.3 is 0 Å². The van der Waals surface area contributed by atoms with E-state index in [9.17, 15) is 0 Å². The van der Waals surface area contributed by atoms with Crippen molar-refractivity contribution in [3.8, 4) is 0 Å². The lowest BCUT2D eigenvalue weighted by molar-refractivity contribution is -0.265. The average molecular weight is 305 g/mol. The summed E-state index contributed by atoms with van der Waals surface area (Å²) in [4.78, 5) is 0. The van der Waals surface area contributed by atoms with Crippen LogP contribution in [0, 0.1) is 46.3 Å². The minimum Gasteiger partial charge on any atom is -0.152 e. The van der Waals surface area contributed by atoms with Gasteiger partial charge in [-0.2, -0.15) is 25.3 Å². The molecule has 0 aromatic heterocycles. The van der Waals surface area contributed by atoms with Gasteiger partial charge in [0.25, 0.3) is 0 Å². The molecule has 7 rings (SSSR count). The Morgan fingerprint density at radius 1 is 0.650 bits per heavy atom. The molecular formula is C18H24S2. The Balaban J connectivity index is 1.72. The van der Waals surface area contributed by atoms with Gasteiger partial charge in [-0.25, -0.2) is 0 Å². The van der Waals surface area contributed by atoms with E-state index in [1.807, 2.05) is 0 Å². The van der Waals surface area contributed by atoms with Gasteiger partial charge >= 0.3 is 0 Å². The van der Waals surface area contributed by atoms with Crippen molar-refractivity contribution in [2.45, 2.75) is 38.5 Å². The third-order valence-electron chi connectivity index (χ3n) is 8.14. The quantitative estimate of drug-likeness (QED) is 0.662. The largest absolute Gasteiger partial charge is 0.152 e. The molecule has 0 amide bonds. The fourth-order valence-electron chi connectivity index (χ4n) is 8.06. The Morgan fingerprint density at radius 2 is 1.00 bits per heavy atom. The molecule has 0 nitrogen and oxygen atoms in total. The van der Waals surface area contributed by atoms with E-state index < -0.39 is 0 Å². The zero-order valence-corrected chi connectivity index (χ0v) is 13.7. The summed E-state index contributed by atoms with van der Waals surface area (Å²) < 4.78 is 0. The van der Waals surface area contributed by atoms with E-state index in [1.54, 1.807) is 0 Å². The molecule has 2 heteroatoms. The van der Waals surface area contributed by atoms with E-state index in [0.29, 0.717) is 10.8 Å². The van der Waals surface area contributed by atoms with Gasteiger partial charge in [0.1, 0.15) is 0 Å². The molecule has 0 saturated heterocycles. The number of thiol groups is 2. The second-order valence-electron chi connectivity index (χ2n) is 8.37. The molecule has 7 aliphatic rings. The summed E-state index contributed by atoms with van der Waals surface area (Å²) in [6, 6.07) is 0. The van der Waals surface area contributed by atoms with Crippen molar-refractivity contribution >= 4 is 25.3 Å². The summed E-state index contributed by atoms with van der Waals surface area (Å²) >= 11 is 8.94. The molecule has 4 atom stereocenters. The fourth-order valence-corrected chi connectivity index (χ4v) is 8.61. The molecule has 0 aromatic carbocycles. The molecule has 0 spiro atoms. The van der Waals surface area contributed by atoms with Crippen molar-refractivity contribution < 1.29 is 0 Å². The van der Waals surface area contributed by atoms with E-state index >= 15 is 0 Å². The maximum absolute atomic E-state index is 4.47. The summed E-state index contributed by atoms with van der Waals surface area (Å²) in [7, 11) is 0. The average Bonchev–Trinajstić information content (AvgIpc) is 2.45. The van der Waals surface area contributed by atoms with Crippen LogP contribution in [-0.2, 0) is 0 Å². The predicted octanol–water partition coefficient (Wildman–Crippen LogP) is 4.95. The van der Waals surface area contributed by atoms with Crippen LogP contribution in [0.3, 0.4) is 0 Å². The lowest BCUT2D eigenvalue weighted by Gasteiger charge is -2.77. The van der Waals surface area contributed by atoms with Crippen molar-refractivity contribution in [2.24, 2.45) is 46.3 Å². The van der Waals surface area contributed by atoms with E-state index in [4.69, 9.17) is 0 Å². The normalized spacial score (nSPS) is 62.3. The predicted molar refractivity (Wildman–Crippen MR) is 89.8 cm³/mol. The lowest BCUT2D eigenvalue weighted by Crippen LogP contribution is -2.71. The fraction of sp³-hybridized carbons (Fsp3) is 0.778. The number of rotatable bonds is 2. The van der Waals surface area contributed by atoms with Crippen molar-refractivity contribution in [3.05, 3.63) is 23.0 Å². The molecule has 4 unspecified atom stereocenters. The lowest BCUT2D eigenvalue weighted by atomic mass is 9.27. The van der Waals surface area contributed by atoms with Crippen LogP contribution < -0.4 is 0 Å². The van der Waals surface area contributed by atoms with Crippen molar-refractivity contribution in [1.82, 2.24) is 0 Å². The minimum absolute atomic E-state index is 0.531. The van der Waals surface area contributed by atoms with Gasteiger partial charge in [-0.1, -0.05) is 12.2 Å². The Hall–Kier alpha value is 0.180. The van der Waals surface area contributed by atoms with Crippen LogP contribution in [0.15, 0.2) is 23.0 Å². The standard InChI is InChI=1S/C18H24S2/c19-3-1-17-9-11-7-15-13(17)5-12-6-14(17)16(8-11)18(15,10-12)2-4-20/h1-4,11-16,19-20H,5-10H2/b3-1+,4-2+. The van der Waals surface area contributed by atoms with Crippen LogP contribution >= 0.6 is 25.3 Å². The van der Waals surface area contributed by atoms with Gasteiger partial charge in [0.2, 0.25) is 0 Å². The van der Waals surface area contributed by atoms with Crippen LogP contribution in [-0.4, -0.2) is 0 Å². The van der Waals surface area contributed by atoms with E-state index in [2.05, 4.69) is 48.2 Å². The molecule has 0 aromatic rings. The maximum Gasteiger partial charge on any atom is -0.00450 e. The van der Waals surface area contributed by atoms with Crippen LogP contribution in [0.5, 0.6) is 0 Å². The zero-order valence-electron chi connectivity index (χ0n) is 11.9. The highest BCUT2D eigenvalue weighted by Gasteiger charge is 2.73. The minimum atomic E-state index is 0.531. The SMILES string of the molecule is S/C=C/C12CC3CC4C1CC1CC2C(C3)C4(/C=C/S)C1. The molecule has 7 saturated carbocycles. The van der Waals surface area contributed by atoms with Crippen molar-refractivity contribution in [1.29, 1.82) is 0 Å². The molecule has 8 bridgehead atoms. The van der Waals surface area contributed by atoms with E-state index in [-0.39, 0.29) is 0 Å².